The number of fused-ring (bicyclic) bond motifs is 1. The number of rotatable bonds is 14. The summed E-state index contributed by atoms with van der Waals surface area (Å²) in [6, 6.07) is 8.19. The van der Waals surface area contributed by atoms with Crippen LogP contribution in [0.2, 0.25) is 0 Å². The molecule has 0 bridgehead atoms. The predicted molar refractivity (Wildman–Crippen MR) is 166 cm³/mol. The Morgan fingerprint density at radius 2 is 1.58 bits per heavy atom. The van der Waals surface area contributed by atoms with E-state index >= 15 is 0 Å². The number of nitrogens with two attached hydrogens (primary N) is 1. The number of likely N-dealkylation sites (tertiary alicyclic amines) is 2. The van der Waals surface area contributed by atoms with Crippen LogP contribution in [0, 0.1) is 11.8 Å². The third-order valence-electron chi connectivity index (χ3n) is 7.93. The maximum atomic E-state index is 12.7. The van der Waals surface area contributed by atoms with Crippen LogP contribution >= 0.6 is 0 Å². The predicted octanol–water partition coefficient (Wildman–Crippen LogP) is 6.07. The molecule has 1 aromatic carbocycles. The summed E-state index contributed by atoms with van der Waals surface area (Å²) in [5, 5.41) is -0.504. The molecule has 45 heavy (non-hydrogen) atoms. The minimum atomic E-state index is -4.71. The van der Waals surface area contributed by atoms with Crippen molar-refractivity contribution in [3.05, 3.63) is 66.0 Å². The standard InChI is InChI=1S/C22H22F3N3O5S.C10H23N/c23-22(24,25)33-19-6-3-15(4-7-19)2-1-9-27-11-17-13-28(14-18(17)12-27)21(29)16-5-8-20(26-10-16)34(30,31)32;1-2-3-4-5-6-7-8-9-10-11/h1,3-10,17-18H,2,11-14H2,(H,30,31,32);2-11H2,1H3/t17-,18-;/m1./s1. The fraction of sp³-hybridized carbons (Fsp3) is 0.562. The molecule has 1 aromatic heterocycles. The Morgan fingerprint density at radius 3 is 2.09 bits per heavy atom. The maximum Gasteiger partial charge on any atom is 0.573 e. The van der Waals surface area contributed by atoms with Gasteiger partial charge in [0.2, 0.25) is 0 Å². The summed E-state index contributed by atoms with van der Waals surface area (Å²) in [5.74, 6) is 0.121. The van der Waals surface area contributed by atoms with Crippen LogP contribution in [0.25, 0.3) is 0 Å². The van der Waals surface area contributed by atoms with Gasteiger partial charge in [-0.3, -0.25) is 9.35 Å². The molecule has 13 heteroatoms. The number of amides is 1. The van der Waals surface area contributed by atoms with Crippen LogP contribution < -0.4 is 10.5 Å². The molecule has 3 N–H and O–H groups in total. The summed E-state index contributed by atoms with van der Waals surface area (Å²) in [6.07, 6.45) is 11.9. The quantitative estimate of drug-likeness (QED) is 0.186. The van der Waals surface area contributed by atoms with Crippen LogP contribution in [0.4, 0.5) is 13.2 Å². The second kappa shape index (κ2) is 17.5. The number of unbranched alkanes of at least 4 members (excludes halogenated alkanes) is 7. The Balaban J connectivity index is 0.000000430. The van der Waals surface area contributed by atoms with Crippen LogP contribution in [0.1, 0.15) is 74.2 Å². The fourth-order valence-corrected chi connectivity index (χ4v) is 6.03. The number of pyridine rings is 1. The van der Waals surface area contributed by atoms with Gasteiger partial charge in [0.15, 0.2) is 5.03 Å². The van der Waals surface area contributed by atoms with Gasteiger partial charge in [-0.25, -0.2) is 4.98 Å². The molecule has 0 spiro atoms. The number of hydrogen-bond acceptors (Lipinski definition) is 7. The zero-order chi connectivity index (χ0) is 32.9. The Labute approximate surface area is 264 Å². The molecule has 2 aromatic rings. The summed E-state index contributed by atoms with van der Waals surface area (Å²) in [6.45, 7) is 5.85. The van der Waals surface area contributed by atoms with Crippen molar-refractivity contribution < 1.29 is 35.7 Å². The Hall–Kier alpha value is -3.16. The van der Waals surface area contributed by atoms with Crippen LogP contribution in [0.15, 0.2) is 59.9 Å². The number of halogens is 3. The number of allylic oxidation sites excluding steroid dienone is 1. The number of aromatic nitrogens is 1. The first-order valence-corrected chi connectivity index (χ1v) is 17.0. The topological polar surface area (TPSA) is 126 Å². The number of alkyl halides is 3. The number of carbonyl (C=O) groups excluding carboxylic acids is 1. The van der Waals surface area contributed by atoms with Gasteiger partial charge in [0.25, 0.3) is 5.91 Å². The molecule has 1 amide bonds. The van der Waals surface area contributed by atoms with Crippen molar-refractivity contribution in [2.45, 2.75) is 76.1 Å². The highest BCUT2D eigenvalue weighted by Gasteiger charge is 2.41. The molecule has 250 valence electrons. The van der Waals surface area contributed by atoms with E-state index in [0.717, 1.165) is 37.5 Å². The van der Waals surface area contributed by atoms with E-state index in [-0.39, 0.29) is 17.2 Å². The molecule has 0 aliphatic carbocycles. The summed E-state index contributed by atoms with van der Waals surface area (Å²) in [4.78, 5) is 20.3. The monoisotopic (exact) mass is 654 g/mol. The highest BCUT2D eigenvalue weighted by atomic mass is 32.2. The fourth-order valence-electron chi connectivity index (χ4n) is 5.60. The van der Waals surface area contributed by atoms with Crippen molar-refractivity contribution in [1.29, 1.82) is 0 Å². The van der Waals surface area contributed by atoms with Crippen LogP contribution in [-0.4, -0.2) is 72.7 Å². The Morgan fingerprint density at radius 1 is 0.978 bits per heavy atom. The smallest absolute Gasteiger partial charge is 0.406 e. The number of nitrogens with zero attached hydrogens (tertiary/aromatic N) is 3. The first-order valence-electron chi connectivity index (χ1n) is 15.6. The molecule has 9 nitrogen and oxygen atoms in total. The highest BCUT2D eigenvalue weighted by molar-refractivity contribution is 7.85. The third-order valence-corrected chi connectivity index (χ3v) is 8.70. The largest absolute Gasteiger partial charge is 0.573 e. The molecular weight excluding hydrogens is 609 g/mol. The first-order chi connectivity index (χ1) is 21.4. The molecule has 0 radical (unpaired) electrons. The molecule has 2 aliphatic heterocycles. The number of ether oxygens (including phenoxy) is 1. The summed E-state index contributed by atoms with van der Waals surface area (Å²) < 4.78 is 71.7. The highest BCUT2D eigenvalue weighted by Crippen LogP contribution is 2.32. The van der Waals surface area contributed by atoms with Gasteiger partial charge in [0.1, 0.15) is 5.75 Å². The lowest BCUT2D eigenvalue weighted by Crippen LogP contribution is -2.32. The minimum Gasteiger partial charge on any atom is -0.406 e. The number of hydrogen-bond donors (Lipinski definition) is 2. The van der Waals surface area contributed by atoms with E-state index < -0.39 is 21.5 Å². The number of carbonyl (C=O) groups is 1. The van der Waals surface area contributed by atoms with Gasteiger partial charge in [-0.05, 0) is 55.4 Å². The molecule has 2 saturated heterocycles. The lowest BCUT2D eigenvalue weighted by atomic mass is 10.0. The third kappa shape index (κ3) is 12.6. The molecule has 3 heterocycles. The van der Waals surface area contributed by atoms with E-state index in [1.54, 1.807) is 17.0 Å². The van der Waals surface area contributed by atoms with Gasteiger partial charge in [-0.1, -0.05) is 70.1 Å². The van der Waals surface area contributed by atoms with Crippen molar-refractivity contribution in [3.8, 4) is 5.75 Å². The van der Waals surface area contributed by atoms with Crippen molar-refractivity contribution in [2.75, 3.05) is 32.7 Å². The lowest BCUT2D eigenvalue weighted by molar-refractivity contribution is -0.274. The van der Waals surface area contributed by atoms with E-state index in [1.165, 1.54) is 69.6 Å². The minimum absolute atomic E-state index is 0.233. The zero-order valence-corrected chi connectivity index (χ0v) is 26.6. The van der Waals surface area contributed by atoms with E-state index in [1.807, 2.05) is 12.3 Å². The van der Waals surface area contributed by atoms with Gasteiger partial charge in [0.05, 0.1) is 5.56 Å². The van der Waals surface area contributed by atoms with E-state index in [4.69, 9.17) is 10.3 Å². The van der Waals surface area contributed by atoms with Crippen molar-refractivity contribution in [3.63, 3.8) is 0 Å². The first kappa shape index (κ1) is 36.3. The van der Waals surface area contributed by atoms with Gasteiger partial charge < -0.3 is 20.3 Å². The van der Waals surface area contributed by atoms with Gasteiger partial charge in [-0.2, -0.15) is 8.42 Å². The van der Waals surface area contributed by atoms with E-state index in [0.29, 0.717) is 31.3 Å². The van der Waals surface area contributed by atoms with Gasteiger partial charge in [-0.15, -0.1) is 13.2 Å². The maximum absolute atomic E-state index is 12.7. The number of benzene rings is 1. The van der Waals surface area contributed by atoms with Crippen molar-refractivity contribution in [2.24, 2.45) is 17.6 Å². The zero-order valence-electron chi connectivity index (χ0n) is 25.8. The lowest BCUT2D eigenvalue weighted by Gasteiger charge is -2.20. The Bertz CT molecular complexity index is 1300. The Kier molecular flexibility index (Phi) is 14.1. The molecule has 2 aliphatic rings. The molecule has 2 fully saturated rings. The molecule has 4 rings (SSSR count). The normalized spacial score (nSPS) is 18.2. The van der Waals surface area contributed by atoms with Crippen LogP contribution in [-0.2, 0) is 16.5 Å². The molecular formula is C32H45F3N4O5S. The average molecular weight is 655 g/mol. The second-order valence-corrected chi connectivity index (χ2v) is 13.0. The molecule has 0 unspecified atom stereocenters. The summed E-state index contributed by atoms with van der Waals surface area (Å²) >= 11 is 0. The van der Waals surface area contributed by atoms with Crippen LogP contribution in [0.3, 0.4) is 0 Å². The summed E-state index contributed by atoms with van der Waals surface area (Å²) in [7, 11) is -4.41. The summed E-state index contributed by atoms with van der Waals surface area (Å²) in [5.41, 5.74) is 6.51. The second-order valence-electron chi connectivity index (χ2n) is 11.6. The van der Waals surface area contributed by atoms with Crippen LogP contribution in [0.5, 0.6) is 5.75 Å². The van der Waals surface area contributed by atoms with Gasteiger partial charge >= 0.3 is 16.5 Å². The van der Waals surface area contributed by atoms with E-state index in [9.17, 15) is 26.4 Å². The van der Waals surface area contributed by atoms with Crippen molar-refractivity contribution in [1.82, 2.24) is 14.8 Å². The average Bonchev–Trinajstić information content (AvgIpc) is 3.56. The SMILES string of the molecule is CCCCCCCCCCN.O=C(c1ccc(S(=O)(=O)O)nc1)N1C[C@H]2CN(C=CCc3ccc(OC(F)(F)F)cc3)C[C@@H]2C1. The van der Waals surface area contributed by atoms with Crippen molar-refractivity contribution >= 4 is 16.0 Å². The van der Waals surface area contributed by atoms with E-state index in [2.05, 4.69) is 21.5 Å². The molecule has 2 atom stereocenters. The van der Waals surface area contributed by atoms with Gasteiger partial charge in [0, 0.05) is 44.2 Å². The molecule has 0 saturated carbocycles.